The fourth-order valence-corrected chi connectivity index (χ4v) is 11.4. The van der Waals surface area contributed by atoms with Crippen molar-refractivity contribution in [1.82, 2.24) is 0 Å². The first-order valence-electron chi connectivity index (χ1n) is 23.6. The van der Waals surface area contributed by atoms with E-state index in [4.69, 9.17) is 0 Å². The van der Waals surface area contributed by atoms with Crippen LogP contribution in [0.4, 0.5) is 17.1 Å². The standard InChI is InChI=1S/C67H45N/c1-5-22-47(23-6-1)64-58-34-16-15-33-56(58)57-42-41-55(45-60(57)65(64)48-24-7-2-8-25-48)68(54-32-19-27-50(44-54)51-40-39-46-21-13-14-26-49(46)43-51)63-38-20-37-62-66(63)59-35-17-18-36-61(59)67(62,52-28-9-3-10-29-52)53-30-11-4-12-31-53/h1-45H. The molecule has 0 unspecified atom stereocenters. The molecule has 1 aliphatic rings. The molecule has 0 bridgehead atoms. The summed E-state index contributed by atoms with van der Waals surface area (Å²) in [6, 6.07) is 101. The minimum absolute atomic E-state index is 0.545. The van der Waals surface area contributed by atoms with Crippen molar-refractivity contribution in [3.8, 4) is 44.5 Å². The van der Waals surface area contributed by atoms with Gasteiger partial charge in [0.1, 0.15) is 0 Å². The normalized spacial score (nSPS) is 12.5. The molecule has 1 aliphatic carbocycles. The van der Waals surface area contributed by atoms with E-state index in [1.807, 2.05) is 0 Å². The number of rotatable bonds is 8. The number of benzene rings is 12. The van der Waals surface area contributed by atoms with Crippen molar-refractivity contribution < 1.29 is 0 Å². The summed E-state index contributed by atoms with van der Waals surface area (Å²) in [5, 5.41) is 7.38. The molecule has 0 aliphatic heterocycles. The lowest BCUT2D eigenvalue weighted by Gasteiger charge is -2.34. The van der Waals surface area contributed by atoms with Crippen LogP contribution in [0.2, 0.25) is 0 Å². The summed E-state index contributed by atoms with van der Waals surface area (Å²) in [7, 11) is 0. The first-order chi connectivity index (χ1) is 33.8. The smallest absolute Gasteiger partial charge is 0.0714 e. The van der Waals surface area contributed by atoms with Gasteiger partial charge < -0.3 is 4.90 Å². The largest absolute Gasteiger partial charge is 0.310 e. The quantitative estimate of drug-likeness (QED) is 0.138. The molecule has 0 spiro atoms. The maximum atomic E-state index is 2.53. The summed E-state index contributed by atoms with van der Waals surface area (Å²) in [6.07, 6.45) is 0. The van der Waals surface area contributed by atoms with Gasteiger partial charge in [0, 0.05) is 16.9 Å². The molecule has 1 nitrogen and oxygen atoms in total. The Labute approximate surface area is 397 Å². The Bertz CT molecular complexity index is 3800. The molecule has 0 radical (unpaired) electrons. The predicted octanol–water partition coefficient (Wildman–Crippen LogP) is 18.0. The highest BCUT2D eigenvalue weighted by atomic mass is 15.1. The highest BCUT2D eigenvalue weighted by Gasteiger charge is 2.47. The number of hydrogen-bond acceptors (Lipinski definition) is 1. The monoisotopic (exact) mass is 863 g/mol. The number of nitrogens with zero attached hydrogens (tertiary/aromatic N) is 1. The lowest BCUT2D eigenvalue weighted by atomic mass is 9.68. The molecule has 13 rings (SSSR count). The van der Waals surface area contributed by atoms with Crippen LogP contribution in [0.15, 0.2) is 273 Å². The third-order valence-electron chi connectivity index (χ3n) is 14.3. The topological polar surface area (TPSA) is 3.24 Å². The van der Waals surface area contributed by atoms with Crippen LogP contribution in [0.1, 0.15) is 22.3 Å². The second kappa shape index (κ2) is 16.3. The van der Waals surface area contributed by atoms with E-state index in [0.717, 1.165) is 22.6 Å². The van der Waals surface area contributed by atoms with Crippen LogP contribution in [0.5, 0.6) is 0 Å². The van der Waals surface area contributed by atoms with E-state index in [0.29, 0.717) is 0 Å². The number of fused-ring (bicyclic) bond motifs is 7. The van der Waals surface area contributed by atoms with Gasteiger partial charge in [0.25, 0.3) is 0 Å². The first-order valence-corrected chi connectivity index (χ1v) is 23.6. The number of hydrogen-bond donors (Lipinski definition) is 0. The van der Waals surface area contributed by atoms with Crippen LogP contribution >= 0.6 is 0 Å². The van der Waals surface area contributed by atoms with E-state index in [-0.39, 0.29) is 0 Å². The van der Waals surface area contributed by atoms with Crippen molar-refractivity contribution in [2.45, 2.75) is 5.41 Å². The van der Waals surface area contributed by atoms with Crippen molar-refractivity contribution in [3.63, 3.8) is 0 Å². The summed E-state index contributed by atoms with van der Waals surface area (Å²) < 4.78 is 0. The average molecular weight is 864 g/mol. The molecule has 68 heavy (non-hydrogen) atoms. The zero-order valence-corrected chi connectivity index (χ0v) is 37.4. The first kappa shape index (κ1) is 39.6. The average Bonchev–Trinajstić information content (AvgIpc) is 3.73. The molecule has 0 fully saturated rings. The van der Waals surface area contributed by atoms with Crippen LogP contribution in [-0.2, 0) is 5.41 Å². The van der Waals surface area contributed by atoms with Crippen LogP contribution in [0.3, 0.4) is 0 Å². The zero-order valence-electron chi connectivity index (χ0n) is 37.4. The third kappa shape index (κ3) is 6.24. The lowest BCUT2D eigenvalue weighted by Crippen LogP contribution is -2.28. The highest BCUT2D eigenvalue weighted by molar-refractivity contribution is 6.22. The van der Waals surface area contributed by atoms with Gasteiger partial charge in [-0.1, -0.05) is 237 Å². The van der Waals surface area contributed by atoms with Crippen molar-refractivity contribution >= 4 is 49.4 Å². The van der Waals surface area contributed by atoms with E-state index in [1.165, 1.54) is 93.5 Å². The van der Waals surface area contributed by atoms with E-state index >= 15 is 0 Å². The molecule has 0 heterocycles. The Hall–Kier alpha value is -8.78. The molecule has 318 valence electrons. The molecule has 0 saturated carbocycles. The summed E-state index contributed by atoms with van der Waals surface area (Å²) in [6.45, 7) is 0. The summed E-state index contributed by atoms with van der Waals surface area (Å²) in [5.74, 6) is 0. The minimum Gasteiger partial charge on any atom is -0.310 e. The molecular weight excluding hydrogens is 819 g/mol. The van der Waals surface area contributed by atoms with Crippen LogP contribution in [0, 0.1) is 0 Å². The second-order valence-electron chi connectivity index (χ2n) is 17.9. The van der Waals surface area contributed by atoms with Crippen LogP contribution < -0.4 is 4.90 Å². The zero-order chi connectivity index (χ0) is 45.0. The predicted molar refractivity (Wildman–Crippen MR) is 287 cm³/mol. The van der Waals surface area contributed by atoms with Gasteiger partial charge in [0.15, 0.2) is 0 Å². The fourth-order valence-electron chi connectivity index (χ4n) is 11.4. The van der Waals surface area contributed by atoms with Crippen molar-refractivity contribution in [3.05, 3.63) is 295 Å². The molecule has 0 aromatic heterocycles. The summed E-state index contributed by atoms with van der Waals surface area (Å²) in [4.78, 5) is 2.53. The van der Waals surface area contributed by atoms with Gasteiger partial charge >= 0.3 is 0 Å². The summed E-state index contributed by atoms with van der Waals surface area (Å²) in [5.41, 5.74) is 17.5. The Balaban J connectivity index is 1.13. The number of anilines is 3. The van der Waals surface area contributed by atoms with E-state index in [1.54, 1.807) is 0 Å². The van der Waals surface area contributed by atoms with Crippen molar-refractivity contribution in [2.24, 2.45) is 0 Å². The molecule has 0 amide bonds. The maximum absolute atomic E-state index is 2.53. The van der Waals surface area contributed by atoms with E-state index < -0.39 is 5.41 Å². The van der Waals surface area contributed by atoms with Gasteiger partial charge in [-0.3, -0.25) is 0 Å². The van der Waals surface area contributed by atoms with Crippen molar-refractivity contribution in [2.75, 3.05) is 4.90 Å². The fraction of sp³-hybridized carbons (Fsp3) is 0.0149. The van der Waals surface area contributed by atoms with E-state index in [9.17, 15) is 0 Å². The van der Waals surface area contributed by atoms with Crippen LogP contribution in [-0.4, -0.2) is 0 Å². The Kier molecular flexibility index (Phi) is 9.47. The van der Waals surface area contributed by atoms with Gasteiger partial charge in [-0.15, -0.1) is 0 Å². The van der Waals surface area contributed by atoms with Crippen LogP contribution in [0.25, 0.3) is 76.8 Å². The third-order valence-corrected chi connectivity index (χ3v) is 14.3. The SMILES string of the molecule is c1ccc(-c2c(-c3ccccc3)c3cc(N(c4cccc(-c5ccc6ccccc6c5)c4)c4cccc5c4-c4ccccc4C5(c4ccccc4)c4ccccc4)ccc3c3ccccc23)cc1. The molecule has 0 N–H and O–H groups in total. The molecule has 12 aromatic carbocycles. The molecule has 0 saturated heterocycles. The van der Waals surface area contributed by atoms with Gasteiger partial charge in [-0.05, 0) is 130 Å². The molecular formula is C67H45N. The Morgan fingerprint density at radius 3 is 1.50 bits per heavy atom. The lowest BCUT2D eigenvalue weighted by molar-refractivity contribution is 0.768. The Morgan fingerprint density at radius 2 is 0.779 bits per heavy atom. The van der Waals surface area contributed by atoms with Crippen molar-refractivity contribution in [1.29, 1.82) is 0 Å². The van der Waals surface area contributed by atoms with Gasteiger partial charge in [-0.25, -0.2) is 0 Å². The highest BCUT2D eigenvalue weighted by Crippen LogP contribution is 2.60. The van der Waals surface area contributed by atoms with Gasteiger partial charge in [0.05, 0.1) is 11.1 Å². The summed E-state index contributed by atoms with van der Waals surface area (Å²) >= 11 is 0. The van der Waals surface area contributed by atoms with Gasteiger partial charge in [0.2, 0.25) is 0 Å². The molecule has 12 aromatic rings. The molecule has 1 heteroatoms. The Morgan fingerprint density at radius 1 is 0.265 bits per heavy atom. The van der Waals surface area contributed by atoms with E-state index in [2.05, 4.69) is 278 Å². The maximum Gasteiger partial charge on any atom is 0.0714 e. The second-order valence-corrected chi connectivity index (χ2v) is 17.9. The minimum atomic E-state index is -0.545. The molecule has 0 atom stereocenters. The van der Waals surface area contributed by atoms with Gasteiger partial charge in [-0.2, -0.15) is 0 Å².